The van der Waals surface area contributed by atoms with Gasteiger partial charge in [-0.3, -0.25) is 9.69 Å². The summed E-state index contributed by atoms with van der Waals surface area (Å²) in [6, 6.07) is 8.78. The van der Waals surface area contributed by atoms with Crippen LogP contribution in [0, 0.1) is 0 Å². The highest BCUT2D eigenvalue weighted by atomic mass is 16.5. The molecule has 3 rings (SSSR count). The number of carbonyl (C=O) groups excluding carboxylic acids is 1. The lowest BCUT2D eigenvalue weighted by Gasteiger charge is -2.28. The van der Waals surface area contributed by atoms with E-state index in [0.717, 1.165) is 44.6 Å². The highest BCUT2D eigenvalue weighted by Crippen LogP contribution is 2.32. The second kappa shape index (κ2) is 8.52. The fourth-order valence-electron chi connectivity index (χ4n) is 3.94. The molecule has 0 aromatic heterocycles. The number of amides is 1. The Kier molecular flexibility index (Phi) is 6.13. The molecule has 2 aliphatic heterocycles. The average molecular weight is 330 g/mol. The predicted octanol–water partition coefficient (Wildman–Crippen LogP) is 3.62. The van der Waals surface area contributed by atoms with Crippen LogP contribution in [0.15, 0.2) is 24.3 Å². The lowest BCUT2D eigenvalue weighted by atomic mass is 10.0. The minimum Gasteiger partial charge on any atom is -0.494 e. The van der Waals surface area contributed by atoms with Gasteiger partial charge in [0, 0.05) is 19.1 Å². The Balaban J connectivity index is 1.61. The van der Waals surface area contributed by atoms with Gasteiger partial charge in [0.05, 0.1) is 13.2 Å². The molecule has 2 fully saturated rings. The van der Waals surface area contributed by atoms with E-state index in [0.29, 0.717) is 25.1 Å². The van der Waals surface area contributed by atoms with E-state index in [4.69, 9.17) is 4.74 Å². The van der Waals surface area contributed by atoms with E-state index in [-0.39, 0.29) is 0 Å². The third kappa shape index (κ3) is 4.29. The number of hydrogen-bond acceptors (Lipinski definition) is 3. The molecule has 0 bridgehead atoms. The van der Waals surface area contributed by atoms with Gasteiger partial charge in [-0.1, -0.05) is 25.0 Å². The van der Waals surface area contributed by atoms with Crippen molar-refractivity contribution in [3.8, 4) is 5.75 Å². The van der Waals surface area contributed by atoms with E-state index in [1.165, 1.54) is 24.8 Å². The van der Waals surface area contributed by atoms with Crippen molar-refractivity contribution < 1.29 is 9.53 Å². The molecule has 1 atom stereocenters. The van der Waals surface area contributed by atoms with Gasteiger partial charge in [0.2, 0.25) is 5.91 Å². The summed E-state index contributed by atoms with van der Waals surface area (Å²) in [5.41, 5.74) is 1.31. The molecule has 0 N–H and O–H groups in total. The molecule has 2 saturated heterocycles. The first-order chi connectivity index (χ1) is 11.8. The standard InChI is InChI=1S/C20H30N2O2/c1-2-24-18-11-9-17(10-12-18)19-8-7-15-22(19)16-20(23)21-13-5-3-4-6-14-21/h9-12,19H,2-8,13-16H2,1H3. The maximum atomic E-state index is 12.7. The number of rotatable bonds is 5. The Morgan fingerprint density at radius 2 is 1.75 bits per heavy atom. The fraction of sp³-hybridized carbons (Fsp3) is 0.650. The van der Waals surface area contributed by atoms with Gasteiger partial charge in [0.25, 0.3) is 0 Å². The SMILES string of the molecule is CCOc1ccc(C2CCCN2CC(=O)N2CCCCCC2)cc1. The van der Waals surface area contributed by atoms with E-state index >= 15 is 0 Å². The summed E-state index contributed by atoms with van der Waals surface area (Å²) in [7, 11) is 0. The van der Waals surface area contributed by atoms with E-state index in [2.05, 4.69) is 21.9 Å². The quantitative estimate of drug-likeness (QED) is 0.826. The number of ether oxygens (including phenoxy) is 1. The van der Waals surface area contributed by atoms with Gasteiger partial charge in [-0.15, -0.1) is 0 Å². The smallest absolute Gasteiger partial charge is 0.236 e. The minimum atomic E-state index is 0.315. The molecule has 1 aromatic rings. The van der Waals surface area contributed by atoms with Crippen LogP contribution in [0.5, 0.6) is 5.75 Å². The first-order valence-corrected chi connectivity index (χ1v) is 9.52. The topological polar surface area (TPSA) is 32.8 Å². The first kappa shape index (κ1) is 17.3. The largest absolute Gasteiger partial charge is 0.494 e. The minimum absolute atomic E-state index is 0.315. The molecule has 132 valence electrons. The Hall–Kier alpha value is -1.55. The van der Waals surface area contributed by atoms with Crippen molar-refractivity contribution in [2.45, 2.75) is 51.5 Å². The van der Waals surface area contributed by atoms with Crippen molar-refractivity contribution in [3.63, 3.8) is 0 Å². The van der Waals surface area contributed by atoms with Gasteiger partial charge in [0.15, 0.2) is 0 Å². The zero-order valence-corrected chi connectivity index (χ0v) is 14.9. The van der Waals surface area contributed by atoms with Crippen LogP contribution in [-0.4, -0.2) is 48.5 Å². The van der Waals surface area contributed by atoms with Crippen LogP contribution >= 0.6 is 0 Å². The molecule has 24 heavy (non-hydrogen) atoms. The van der Waals surface area contributed by atoms with Gasteiger partial charge in [-0.25, -0.2) is 0 Å². The monoisotopic (exact) mass is 330 g/mol. The zero-order valence-electron chi connectivity index (χ0n) is 14.9. The van der Waals surface area contributed by atoms with Crippen LogP contribution in [0.25, 0.3) is 0 Å². The molecule has 4 nitrogen and oxygen atoms in total. The number of benzene rings is 1. The maximum Gasteiger partial charge on any atom is 0.236 e. The van der Waals surface area contributed by atoms with Gasteiger partial charge in [-0.2, -0.15) is 0 Å². The maximum absolute atomic E-state index is 12.7. The third-order valence-corrected chi connectivity index (χ3v) is 5.24. The van der Waals surface area contributed by atoms with Crippen LogP contribution < -0.4 is 4.74 Å². The lowest BCUT2D eigenvalue weighted by molar-refractivity contribution is -0.132. The Morgan fingerprint density at radius 3 is 2.42 bits per heavy atom. The zero-order chi connectivity index (χ0) is 16.8. The summed E-state index contributed by atoms with van der Waals surface area (Å²) in [5, 5.41) is 0. The van der Waals surface area contributed by atoms with Crippen LogP contribution in [0.2, 0.25) is 0 Å². The van der Waals surface area contributed by atoms with E-state index in [1.54, 1.807) is 0 Å². The average Bonchev–Trinajstić information content (AvgIpc) is 2.88. The van der Waals surface area contributed by atoms with E-state index in [1.807, 2.05) is 19.1 Å². The van der Waals surface area contributed by atoms with Crippen LogP contribution in [0.1, 0.15) is 57.1 Å². The normalized spacial score (nSPS) is 22.4. The fourth-order valence-corrected chi connectivity index (χ4v) is 3.94. The van der Waals surface area contributed by atoms with Gasteiger partial charge in [-0.05, 0) is 56.8 Å². The van der Waals surface area contributed by atoms with E-state index < -0.39 is 0 Å². The van der Waals surface area contributed by atoms with Crippen molar-refractivity contribution in [1.82, 2.24) is 9.80 Å². The van der Waals surface area contributed by atoms with Crippen molar-refractivity contribution in [2.24, 2.45) is 0 Å². The molecule has 2 aliphatic rings. The molecule has 1 amide bonds. The molecule has 0 saturated carbocycles. The molecule has 1 aromatic carbocycles. The van der Waals surface area contributed by atoms with Gasteiger partial charge >= 0.3 is 0 Å². The molecule has 2 heterocycles. The molecule has 1 unspecified atom stereocenters. The molecule has 0 aliphatic carbocycles. The van der Waals surface area contributed by atoms with Crippen LogP contribution in [0.4, 0.5) is 0 Å². The number of hydrogen-bond donors (Lipinski definition) is 0. The summed E-state index contributed by atoms with van der Waals surface area (Å²) in [6.07, 6.45) is 7.17. The molecule has 0 radical (unpaired) electrons. The van der Waals surface area contributed by atoms with Crippen molar-refractivity contribution in [2.75, 3.05) is 32.8 Å². The summed E-state index contributed by atoms with van der Waals surface area (Å²) in [6.45, 7) is 6.18. The highest BCUT2D eigenvalue weighted by molar-refractivity contribution is 5.78. The van der Waals surface area contributed by atoms with Gasteiger partial charge < -0.3 is 9.64 Å². The third-order valence-electron chi connectivity index (χ3n) is 5.24. The molecular formula is C20H30N2O2. The van der Waals surface area contributed by atoms with Crippen molar-refractivity contribution in [3.05, 3.63) is 29.8 Å². The second-order valence-electron chi connectivity index (χ2n) is 6.93. The Bertz CT molecular complexity index is 521. The first-order valence-electron chi connectivity index (χ1n) is 9.52. The van der Waals surface area contributed by atoms with Gasteiger partial charge in [0.1, 0.15) is 5.75 Å². The van der Waals surface area contributed by atoms with Crippen molar-refractivity contribution >= 4 is 5.91 Å². The Morgan fingerprint density at radius 1 is 1.04 bits per heavy atom. The summed E-state index contributed by atoms with van der Waals surface area (Å²) < 4.78 is 5.53. The van der Waals surface area contributed by atoms with Crippen molar-refractivity contribution in [1.29, 1.82) is 0 Å². The number of carbonyl (C=O) groups is 1. The summed E-state index contributed by atoms with van der Waals surface area (Å²) in [5.74, 6) is 1.24. The van der Waals surface area contributed by atoms with E-state index in [9.17, 15) is 4.79 Å². The second-order valence-corrected chi connectivity index (χ2v) is 6.93. The summed E-state index contributed by atoms with van der Waals surface area (Å²) >= 11 is 0. The molecular weight excluding hydrogens is 300 g/mol. The highest BCUT2D eigenvalue weighted by Gasteiger charge is 2.29. The molecule has 4 heteroatoms. The summed E-state index contributed by atoms with van der Waals surface area (Å²) in [4.78, 5) is 17.1. The van der Waals surface area contributed by atoms with Crippen LogP contribution in [0.3, 0.4) is 0 Å². The molecule has 0 spiro atoms. The predicted molar refractivity (Wildman–Crippen MR) is 96.2 cm³/mol. The Labute approximate surface area is 145 Å². The lowest BCUT2D eigenvalue weighted by Crippen LogP contribution is -2.40. The number of likely N-dealkylation sites (tertiary alicyclic amines) is 2. The van der Waals surface area contributed by atoms with Crippen LogP contribution in [-0.2, 0) is 4.79 Å². The number of nitrogens with zero attached hydrogens (tertiary/aromatic N) is 2.